The first kappa shape index (κ1) is 24.6. The number of thiazole rings is 1. The molecule has 37 heavy (non-hydrogen) atoms. The first-order valence-corrected chi connectivity index (χ1v) is 12.4. The van der Waals surface area contributed by atoms with Gasteiger partial charge in [-0.1, -0.05) is 41.2 Å². The van der Waals surface area contributed by atoms with Crippen LogP contribution in [0, 0.1) is 25.5 Å². The molecule has 1 atom stereocenters. The Kier molecular flexibility index (Phi) is 6.25. The van der Waals surface area contributed by atoms with Gasteiger partial charge in [-0.15, -0.1) is 0 Å². The SMILES string of the molecule is CCOc1ccc(/C(O)=C2\C(=O)C(=O)N(c3nc4c(F)cc(F)cc4s3)C2c2cccc(C)c2)cc1C. The quantitative estimate of drug-likeness (QED) is 0.192. The highest BCUT2D eigenvalue weighted by atomic mass is 32.1. The van der Waals surface area contributed by atoms with Crippen LogP contribution in [-0.2, 0) is 9.59 Å². The Bertz CT molecular complexity index is 1610. The maximum atomic E-state index is 14.4. The molecule has 188 valence electrons. The number of fused-ring (bicyclic) bond motifs is 1. The molecule has 1 N–H and O–H groups in total. The summed E-state index contributed by atoms with van der Waals surface area (Å²) < 4.78 is 34.0. The maximum absolute atomic E-state index is 14.4. The van der Waals surface area contributed by atoms with Gasteiger partial charge in [-0.3, -0.25) is 14.5 Å². The summed E-state index contributed by atoms with van der Waals surface area (Å²) in [6.07, 6.45) is 0. The number of benzene rings is 3. The fraction of sp³-hybridized carbons (Fsp3) is 0.179. The zero-order valence-corrected chi connectivity index (χ0v) is 21.0. The van der Waals surface area contributed by atoms with Gasteiger partial charge in [0.1, 0.15) is 22.8 Å². The van der Waals surface area contributed by atoms with Crippen LogP contribution in [0.15, 0.2) is 60.2 Å². The Morgan fingerprint density at radius 2 is 1.89 bits per heavy atom. The average Bonchev–Trinajstić information content (AvgIpc) is 3.39. The number of halogens is 2. The Balaban J connectivity index is 1.72. The molecular weight excluding hydrogens is 498 g/mol. The van der Waals surface area contributed by atoms with E-state index in [1.54, 1.807) is 36.4 Å². The zero-order chi connectivity index (χ0) is 26.4. The fourth-order valence-electron chi connectivity index (χ4n) is 4.50. The van der Waals surface area contributed by atoms with Gasteiger partial charge in [0.05, 0.1) is 22.9 Å². The number of carbonyl (C=O) groups excluding carboxylic acids is 2. The highest BCUT2D eigenvalue weighted by Crippen LogP contribution is 2.45. The van der Waals surface area contributed by atoms with Crippen molar-refractivity contribution in [2.24, 2.45) is 0 Å². The van der Waals surface area contributed by atoms with Crippen LogP contribution in [0.2, 0.25) is 0 Å². The normalized spacial score (nSPS) is 17.1. The molecule has 1 fully saturated rings. The minimum absolute atomic E-state index is 0.0232. The molecule has 4 aromatic rings. The zero-order valence-electron chi connectivity index (χ0n) is 20.2. The van der Waals surface area contributed by atoms with E-state index in [1.807, 2.05) is 26.8 Å². The Morgan fingerprint density at radius 3 is 2.59 bits per heavy atom. The predicted octanol–water partition coefficient (Wildman–Crippen LogP) is 6.22. The van der Waals surface area contributed by atoms with Gasteiger partial charge in [0.2, 0.25) is 0 Å². The van der Waals surface area contributed by atoms with Crippen LogP contribution in [0.5, 0.6) is 5.75 Å². The molecule has 1 amide bonds. The third-order valence-electron chi connectivity index (χ3n) is 6.16. The number of ether oxygens (including phenoxy) is 1. The summed E-state index contributed by atoms with van der Waals surface area (Å²) in [5.41, 5.74) is 2.30. The molecule has 0 aliphatic carbocycles. The molecule has 1 unspecified atom stereocenters. The molecule has 3 aromatic carbocycles. The monoisotopic (exact) mass is 520 g/mol. The third-order valence-corrected chi connectivity index (χ3v) is 7.16. The smallest absolute Gasteiger partial charge is 0.301 e. The fourth-order valence-corrected chi connectivity index (χ4v) is 5.54. The van der Waals surface area contributed by atoms with Crippen molar-refractivity contribution in [3.05, 3.63) is 94.1 Å². The summed E-state index contributed by atoms with van der Waals surface area (Å²) >= 11 is 0.892. The average molecular weight is 521 g/mol. The highest BCUT2D eigenvalue weighted by Gasteiger charge is 2.48. The molecule has 0 saturated carbocycles. The van der Waals surface area contributed by atoms with E-state index >= 15 is 0 Å². The summed E-state index contributed by atoms with van der Waals surface area (Å²) in [6, 6.07) is 13.0. The van der Waals surface area contributed by atoms with E-state index in [-0.39, 0.29) is 26.7 Å². The third kappa shape index (κ3) is 4.25. The van der Waals surface area contributed by atoms with Crippen molar-refractivity contribution < 1.29 is 28.2 Å². The lowest BCUT2D eigenvalue weighted by atomic mass is 9.94. The van der Waals surface area contributed by atoms with E-state index in [2.05, 4.69) is 4.98 Å². The Hall–Kier alpha value is -4.11. The van der Waals surface area contributed by atoms with Gasteiger partial charge in [-0.25, -0.2) is 13.8 Å². The summed E-state index contributed by atoms with van der Waals surface area (Å²) in [6.45, 7) is 6.00. The van der Waals surface area contributed by atoms with Crippen LogP contribution in [-0.4, -0.2) is 28.4 Å². The minimum Gasteiger partial charge on any atom is -0.507 e. The number of Topliss-reactive ketones (excluding diaryl/α,β-unsaturated/α-hetero) is 1. The van der Waals surface area contributed by atoms with Crippen molar-refractivity contribution in [1.29, 1.82) is 0 Å². The van der Waals surface area contributed by atoms with Crippen molar-refractivity contribution in [3.8, 4) is 5.75 Å². The number of anilines is 1. The minimum atomic E-state index is -1.03. The number of aliphatic hydroxyl groups excluding tert-OH is 1. The molecule has 0 spiro atoms. The van der Waals surface area contributed by atoms with Gasteiger partial charge >= 0.3 is 5.91 Å². The molecule has 9 heteroatoms. The number of aryl methyl sites for hydroxylation is 2. The number of carbonyl (C=O) groups is 2. The van der Waals surface area contributed by atoms with Gasteiger partial charge in [0, 0.05) is 11.6 Å². The number of rotatable bonds is 5. The molecule has 0 bridgehead atoms. The van der Waals surface area contributed by atoms with Gasteiger partial charge in [0.15, 0.2) is 10.9 Å². The Morgan fingerprint density at radius 1 is 1.11 bits per heavy atom. The molecular formula is C28H22F2N2O4S. The van der Waals surface area contributed by atoms with E-state index in [9.17, 15) is 23.5 Å². The number of amides is 1. The molecule has 1 aliphatic heterocycles. The van der Waals surface area contributed by atoms with E-state index in [0.29, 0.717) is 29.5 Å². The van der Waals surface area contributed by atoms with Crippen LogP contribution in [0.1, 0.15) is 35.2 Å². The topological polar surface area (TPSA) is 79.7 Å². The molecule has 6 nitrogen and oxygen atoms in total. The van der Waals surface area contributed by atoms with Gasteiger partial charge in [-0.2, -0.15) is 0 Å². The van der Waals surface area contributed by atoms with Gasteiger partial charge < -0.3 is 9.84 Å². The number of hydrogen-bond acceptors (Lipinski definition) is 6. The second-order valence-electron chi connectivity index (χ2n) is 8.73. The van der Waals surface area contributed by atoms with E-state index in [0.717, 1.165) is 33.4 Å². The first-order valence-electron chi connectivity index (χ1n) is 11.6. The summed E-state index contributed by atoms with van der Waals surface area (Å²) in [4.78, 5) is 32.1. The number of aromatic nitrogens is 1. The van der Waals surface area contributed by atoms with Gasteiger partial charge in [-0.05, 0) is 56.2 Å². The lowest BCUT2D eigenvalue weighted by molar-refractivity contribution is -0.132. The van der Waals surface area contributed by atoms with Crippen LogP contribution in [0.25, 0.3) is 16.0 Å². The number of hydrogen-bond donors (Lipinski definition) is 1. The van der Waals surface area contributed by atoms with Gasteiger partial charge in [0.25, 0.3) is 5.78 Å². The second kappa shape index (κ2) is 9.40. The molecule has 2 heterocycles. The highest BCUT2D eigenvalue weighted by molar-refractivity contribution is 7.22. The number of aliphatic hydroxyl groups is 1. The van der Waals surface area contributed by atoms with Crippen LogP contribution in [0.4, 0.5) is 13.9 Å². The van der Waals surface area contributed by atoms with E-state index in [4.69, 9.17) is 4.74 Å². The predicted molar refractivity (Wildman–Crippen MR) is 138 cm³/mol. The lowest BCUT2D eigenvalue weighted by Gasteiger charge is -2.23. The number of nitrogens with zero attached hydrogens (tertiary/aromatic N) is 2. The largest absolute Gasteiger partial charge is 0.507 e. The molecule has 1 aliphatic rings. The molecule has 0 radical (unpaired) electrons. The maximum Gasteiger partial charge on any atom is 0.301 e. The second-order valence-corrected chi connectivity index (χ2v) is 9.74. The summed E-state index contributed by atoms with van der Waals surface area (Å²) in [5.74, 6) is -3.18. The molecule has 1 saturated heterocycles. The van der Waals surface area contributed by atoms with Crippen LogP contribution in [0.3, 0.4) is 0 Å². The number of ketones is 1. The van der Waals surface area contributed by atoms with Crippen LogP contribution >= 0.6 is 11.3 Å². The van der Waals surface area contributed by atoms with Crippen molar-refractivity contribution in [1.82, 2.24) is 4.98 Å². The van der Waals surface area contributed by atoms with Crippen LogP contribution < -0.4 is 9.64 Å². The van der Waals surface area contributed by atoms with E-state index < -0.39 is 29.4 Å². The summed E-state index contributed by atoms with van der Waals surface area (Å²) in [5, 5.41) is 11.4. The molecule has 1 aromatic heterocycles. The van der Waals surface area contributed by atoms with Crippen molar-refractivity contribution >= 4 is 44.1 Å². The molecule has 5 rings (SSSR count). The van der Waals surface area contributed by atoms with E-state index in [1.165, 1.54) is 0 Å². The summed E-state index contributed by atoms with van der Waals surface area (Å²) in [7, 11) is 0. The first-order chi connectivity index (χ1) is 17.7. The Labute approximate surface area is 215 Å². The standard InChI is InChI=1S/C28H22F2N2O4S/c1-4-36-20-9-8-17(11-15(20)3)25(33)22-24(16-7-5-6-14(2)10-16)32(27(35)26(22)34)28-31-23-19(30)12-18(29)13-21(23)37-28/h5-13,24,33H,4H2,1-3H3/b25-22+. The van der Waals surface area contributed by atoms with Crippen molar-refractivity contribution in [2.75, 3.05) is 11.5 Å². The van der Waals surface area contributed by atoms with Crippen molar-refractivity contribution in [3.63, 3.8) is 0 Å². The lowest BCUT2D eigenvalue weighted by Crippen LogP contribution is -2.29. The van der Waals surface area contributed by atoms with Crippen molar-refractivity contribution in [2.45, 2.75) is 26.8 Å².